The van der Waals surface area contributed by atoms with Crippen LogP contribution in [0, 0.1) is 0 Å². The van der Waals surface area contributed by atoms with E-state index in [2.05, 4.69) is 5.32 Å². The minimum absolute atomic E-state index is 0.00867. The maximum absolute atomic E-state index is 13.0. The molecule has 0 aliphatic carbocycles. The first-order valence-corrected chi connectivity index (χ1v) is 12.7. The number of para-hydroxylation sites is 1. The highest BCUT2D eigenvalue weighted by atomic mass is 35.5. The lowest BCUT2D eigenvalue weighted by Gasteiger charge is -2.26. The molecule has 1 aliphatic heterocycles. The van der Waals surface area contributed by atoms with Crippen molar-refractivity contribution in [1.29, 1.82) is 0 Å². The van der Waals surface area contributed by atoms with E-state index in [-0.39, 0.29) is 26.1 Å². The number of halogens is 1. The molecule has 10 heteroatoms. The highest BCUT2D eigenvalue weighted by Crippen LogP contribution is 2.28. The summed E-state index contributed by atoms with van der Waals surface area (Å²) in [6, 6.07) is 9.93. The van der Waals surface area contributed by atoms with E-state index in [1.807, 2.05) is 0 Å². The molecule has 2 aromatic rings. The molecule has 0 unspecified atom stereocenters. The summed E-state index contributed by atoms with van der Waals surface area (Å²) < 4.78 is 51.1. The Morgan fingerprint density at radius 1 is 1.00 bits per heavy atom. The van der Waals surface area contributed by atoms with Crippen LogP contribution in [0.2, 0.25) is 5.02 Å². The fourth-order valence-corrected chi connectivity index (χ4v) is 5.65. The first-order valence-electron chi connectivity index (χ1n) is 9.01. The van der Waals surface area contributed by atoms with E-state index in [1.165, 1.54) is 34.6 Å². The number of hydrogen-bond acceptors (Lipinski definition) is 5. The van der Waals surface area contributed by atoms with E-state index in [0.717, 1.165) is 25.5 Å². The molecule has 1 saturated heterocycles. The van der Waals surface area contributed by atoms with Crippen LogP contribution in [0.4, 0.5) is 5.69 Å². The second kappa shape index (κ2) is 8.43. The zero-order valence-electron chi connectivity index (χ0n) is 15.8. The van der Waals surface area contributed by atoms with E-state index < -0.39 is 25.8 Å². The Bertz CT molecular complexity index is 1140. The fraction of sp³-hybridized carbons (Fsp3) is 0.316. The van der Waals surface area contributed by atoms with Gasteiger partial charge in [-0.2, -0.15) is 4.31 Å². The summed E-state index contributed by atoms with van der Waals surface area (Å²) >= 11 is 6.08. The van der Waals surface area contributed by atoms with Gasteiger partial charge in [-0.3, -0.25) is 4.79 Å². The van der Waals surface area contributed by atoms with Crippen molar-refractivity contribution in [3.05, 3.63) is 53.1 Å². The summed E-state index contributed by atoms with van der Waals surface area (Å²) in [4.78, 5) is 12.7. The van der Waals surface area contributed by atoms with Crippen molar-refractivity contribution < 1.29 is 21.6 Å². The van der Waals surface area contributed by atoms with E-state index in [9.17, 15) is 21.6 Å². The smallest absolute Gasteiger partial charge is 0.257 e. The average Bonchev–Trinajstić information content (AvgIpc) is 2.68. The summed E-state index contributed by atoms with van der Waals surface area (Å²) in [7, 11) is -7.31. The number of carbonyl (C=O) groups is 1. The molecule has 1 amide bonds. The van der Waals surface area contributed by atoms with Gasteiger partial charge in [0.2, 0.25) is 10.0 Å². The van der Waals surface area contributed by atoms with Crippen molar-refractivity contribution in [3.63, 3.8) is 0 Å². The molecule has 7 nitrogen and oxygen atoms in total. The Morgan fingerprint density at radius 2 is 1.66 bits per heavy atom. The number of sulfone groups is 1. The normalized spacial score (nSPS) is 15.8. The Balaban J connectivity index is 1.95. The molecule has 2 aromatic carbocycles. The number of hydrogen-bond donors (Lipinski definition) is 1. The van der Waals surface area contributed by atoms with Gasteiger partial charge >= 0.3 is 0 Å². The zero-order valence-corrected chi connectivity index (χ0v) is 18.1. The lowest BCUT2D eigenvalue weighted by Crippen LogP contribution is -2.36. The Morgan fingerprint density at radius 3 is 2.31 bits per heavy atom. The SMILES string of the molecule is CS(=O)(=O)c1ccc(Cl)c(C(=O)Nc2ccccc2S(=O)(=O)N2CCCCC2)c1. The third kappa shape index (κ3) is 4.80. The summed E-state index contributed by atoms with van der Waals surface area (Å²) in [5, 5.41) is 2.63. The van der Waals surface area contributed by atoms with Crippen LogP contribution in [0.15, 0.2) is 52.3 Å². The minimum Gasteiger partial charge on any atom is -0.321 e. The molecule has 1 aliphatic rings. The molecule has 1 fully saturated rings. The lowest BCUT2D eigenvalue weighted by molar-refractivity contribution is 0.102. The molecular formula is C19H21ClN2O5S2. The third-order valence-corrected chi connectivity index (χ3v) is 8.08. The van der Waals surface area contributed by atoms with Gasteiger partial charge in [0.15, 0.2) is 9.84 Å². The van der Waals surface area contributed by atoms with Gasteiger partial charge in [-0.1, -0.05) is 30.2 Å². The summed E-state index contributed by atoms with van der Waals surface area (Å²) in [5.74, 6) is -0.693. The average molecular weight is 457 g/mol. The largest absolute Gasteiger partial charge is 0.321 e. The van der Waals surface area contributed by atoms with Gasteiger partial charge in [0.25, 0.3) is 5.91 Å². The first kappa shape index (κ1) is 21.8. The summed E-state index contributed by atoms with van der Waals surface area (Å²) in [6.45, 7) is 0.875. The van der Waals surface area contributed by atoms with Crippen LogP contribution in [-0.4, -0.2) is 46.4 Å². The van der Waals surface area contributed by atoms with E-state index >= 15 is 0 Å². The number of sulfonamides is 1. The van der Waals surface area contributed by atoms with Crippen molar-refractivity contribution in [2.24, 2.45) is 0 Å². The van der Waals surface area contributed by atoms with Gasteiger partial charge in [-0.15, -0.1) is 0 Å². The maximum atomic E-state index is 13.0. The van der Waals surface area contributed by atoms with Gasteiger partial charge in [0.05, 0.1) is 21.2 Å². The van der Waals surface area contributed by atoms with Crippen LogP contribution in [0.25, 0.3) is 0 Å². The quantitative estimate of drug-likeness (QED) is 0.744. The van der Waals surface area contributed by atoms with Crippen LogP contribution < -0.4 is 5.32 Å². The molecule has 0 bridgehead atoms. The molecule has 1 heterocycles. The maximum Gasteiger partial charge on any atom is 0.257 e. The van der Waals surface area contributed by atoms with Crippen molar-refractivity contribution in [3.8, 4) is 0 Å². The molecular weight excluding hydrogens is 436 g/mol. The number of amides is 1. The Labute approximate surface area is 175 Å². The second-order valence-electron chi connectivity index (χ2n) is 6.83. The van der Waals surface area contributed by atoms with Crippen molar-refractivity contribution >= 4 is 43.1 Å². The van der Waals surface area contributed by atoms with E-state index in [4.69, 9.17) is 11.6 Å². The van der Waals surface area contributed by atoms with Crippen LogP contribution in [0.1, 0.15) is 29.6 Å². The van der Waals surface area contributed by atoms with Crippen LogP contribution >= 0.6 is 11.6 Å². The van der Waals surface area contributed by atoms with Crippen molar-refractivity contribution in [2.45, 2.75) is 29.1 Å². The molecule has 0 saturated carbocycles. The van der Waals surface area contributed by atoms with Gasteiger partial charge in [0.1, 0.15) is 4.90 Å². The molecule has 0 atom stereocenters. The predicted molar refractivity (Wildman–Crippen MR) is 112 cm³/mol. The number of piperidine rings is 1. The lowest BCUT2D eigenvalue weighted by atomic mass is 10.2. The first-order chi connectivity index (χ1) is 13.6. The molecule has 0 spiro atoms. The molecule has 3 rings (SSSR count). The van der Waals surface area contributed by atoms with E-state index in [0.29, 0.717) is 13.1 Å². The van der Waals surface area contributed by atoms with Crippen LogP contribution in [-0.2, 0) is 19.9 Å². The molecule has 1 N–H and O–H groups in total. The van der Waals surface area contributed by atoms with Gasteiger partial charge in [0, 0.05) is 19.3 Å². The number of rotatable bonds is 5. The number of benzene rings is 2. The van der Waals surface area contributed by atoms with Crippen molar-refractivity contribution in [1.82, 2.24) is 4.31 Å². The minimum atomic E-state index is -3.77. The predicted octanol–water partition coefficient (Wildman–Crippen LogP) is 3.17. The molecule has 0 aromatic heterocycles. The molecule has 156 valence electrons. The second-order valence-corrected chi connectivity index (χ2v) is 11.2. The highest BCUT2D eigenvalue weighted by Gasteiger charge is 2.29. The Kier molecular flexibility index (Phi) is 6.33. The third-order valence-electron chi connectivity index (χ3n) is 4.68. The molecule has 29 heavy (non-hydrogen) atoms. The fourth-order valence-electron chi connectivity index (χ4n) is 3.14. The van der Waals surface area contributed by atoms with Crippen LogP contribution in [0.3, 0.4) is 0 Å². The number of nitrogens with one attached hydrogen (secondary N) is 1. The monoisotopic (exact) mass is 456 g/mol. The summed E-state index contributed by atoms with van der Waals surface area (Å²) in [5.41, 5.74) is 0.0589. The summed E-state index contributed by atoms with van der Waals surface area (Å²) in [6.07, 6.45) is 3.60. The van der Waals surface area contributed by atoms with Gasteiger partial charge < -0.3 is 5.32 Å². The van der Waals surface area contributed by atoms with E-state index in [1.54, 1.807) is 12.1 Å². The van der Waals surface area contributed by atoms with Gasteiger partial charge in [-0.05, 0) is 43.2 Å². The topological polar surface area (TPSA) is 101 Å². The molecule has 0 radical (unpaired) electrons. The van der Waals surface area contributed by atoms with Crippen molar-refractivity contribution in [2.75, 3.05) is 24.7 Å². The standard InChI is InChI=1S/C19H21ClN2O5S2/c1-28(24,25)14-9-10-16(20)15(13-14)19(23)21-17-7-3-4-8-18(17)29(26,27)22-11-5-2-6-12-22/h3-4,7-10,13H,2,5-6,11-12H2,1H3,(H,21,23). The number of anilines is 1. The number of carbonyl (C=O) groups excluding carboxylic acids is 1. The highest BCUT2D eigenvalue weighted by molar-refractivity contribution is 7.90. The van der Waals surface area contributed by atoms with Gasteiger partial charge in [-0.25, -0.2) is 16.8 Å². The Hall–Kier alpha value is -1.94. The zero-order chi connectivity index (χ0) is 21.2. The van der Waals surface area contributed by atoms with Crippen LogP contribution in [0.5, 0.6) is 0 Å². The number of nitrogens with zero attached hydrogens (tertiary/aromatic N) is 1.